The average molecular weight is 525 g/mol. The Morgan fingerprint density at radius 1 is 1.22 bits per heavy atom. The second-order valence-electron chi connectivity index (χ2n) is 9.35. The van der Waals surface area contributed by atoms with E-state index in [0.29, 0.717) is 65.6 Å². The molecule has 2 aliphatic rings. The van der Waals surface area contributed by atoms with Gasteiger partial charge in [-0.25, -0.2) is 14.8 Å². The molecule has 0 unspecified atom stereocenters. The van der Waals surface area contributed by atoms with Crippen LogP contribution in [0.5, 0.6) is 0 Å². The van der Waals surface area contributed by atoms with Crippen LogP contribution >= 0.6 is 11.6 Å². The molecule has 1 amide bonds. The van der Waals surface area contributed by atoms with Crippen LogP contribution in [0, 0.1) is 17.2 Å². The molecule has 194 valence electrons. The number of anilines is 1. The lowest BCUT2D eigenvalue weighted by molar-refractivity contribution is 0.121. The molecule has 3 aromatic heterocycles. The van der Waals surface area contributed by atoms with Crippen molar-refractivity contribution in [2.24, 2.45) is 17.6 Å². The van der Waals surface area contributed by atoms with Gasteiger partial charge in [-0.05, 0) is 43.6 Å². The smallest absolute Gasteiger partial charge is 0.388 e. The Kier molecular flexibility index (Phi) is 7.33. The highest BCUT2D eigenvalue weighted by atomic mass is 35.5. The van der Waals surface area contributed by atoms with Crippen LogP contribution in [0.1, 0.15) is 31.5 Å². The molecule has 12 heteroatoms. The summed E-state index contributed by atoms with van der Waals surface area (Å²) in [6.07, 6.45) is 8.53. The number of fused-ring (bicyclic) bond motifs is 1. The van der Waals surface area contributed by atoms with Crippen molar-refractivity contribution in [1.29, 1.82) is 5.41 Å². The van der Waals surface area contributed by atoms with E-state index in [-0.39, 0.29) is 5.82 Å². The predicted molar refractivity (Wildman–Crippen MR) is 140 cm³/mol. The topological polar surface area (TPSA) is 145 Å². The number of carbonyl (C=O) groups excluding carboxylic acids is 1. The molecule has 5 rings (SSSR count). The second-order valence-corrected chi connectivity index (χ2v) is 9.78. The van der Waals surface area contributed by atoms with Gasteiger partial charge in [0.15, 0.2) is 5.65 Å². The van der Waals surface area contributed by atoms with E-state index in [4.69, 9.17) is 37.2 Å². The normalized spacial score (nSPS) is 20.1. The van der Waals surface area contributed by atoms with E-state index in [1.807, 2.05) is 0 Å². The molecule has 1 aliphatic heterocycles. The van der Waals surface area contributed by atoms with Crippen molar-refractivity contribution < 1.29 is 14.3 Å². The summed E-state index contributed by atoms with van der Waals surface area (Å²) in [4.78, 5) is 31.8. The number of primary amides is 1. The van der Waals surface area contributed by atoms with Gasteiger partial charge in [0.2, 0.25) is 11.8 Å². The van der Waals surface area contributed by atoms with Crippen LogP contribution in [-0.4, -0.2) is 62.8 Å². The zero-order chi connectivity index (χ0) is 25.9. The van der Waals surface area contributed by atoms with Crippen LogP contribution in [0.4, 0.5) is 10.7 Å². The summed E-state index contributed by atoms with van der Waals surface area (Å²) in [6.45, 7) is 7.31. The summed E-state index contributed by atoms with van der Waals surface area (Å²) in [5, 5.41) is 8.62. The number of aromatic nitrogens is 5. The Balaban J connectivity index is 1.67. The van der Waals surface area contributed by atoms with E-state index in [0.717, 1.165) is 38.2 Å². The number of nitrogens with two attached hydrogens (primary N) is 1. The largest absolute Gasteiger partial charge is 0.411 e. The van der Waals surface area contributed by atoms with Crippen molar-refractivity contribution in [3.63, 3.8) is 0 Å². The van der Waals surface area contributed by atoms with E-state index < -0.39 is 12.0 Å². The SMILES string of the molecule is C=C[C@H]1CC[C@H](Cn2c(N3CCOCC3)nc3nc(C(=N)OC(N)=O)nc(-c4cncc(Cl)c4)c32)CC1. The third-order valence-corrected chi connectivity index (χ3v) is 7.13. The lowest BCUT2D eigenvalue weighted by atomic mass is 9.82. The molecule has 2 fully saturated rings. The molecule has 11 nitrogen and oxygen atoms in total. The molecule has 3 N–H and O–H groups in total. The van der Waals surface area contributed by atoms with Crippen molar-refractivity contribution in [1.82, 2.24) is 24.5 Å². The molecule has 1 saturated carbocycles. The van der Waals surface area contributed by atoms with Gasteiger partial charge in [0.05, 0.1) is 18.2 Å². The van der Waals surface area contributed by atoms with Gasteiger partial charge in [0.1, 0.15) is 11.2 Å². The van der Waals surface area contributed by atoms with Crippen molar-refractivity contribution in [3.05, 3.63) is 42.0 Å². The lowest BCUT2D eigenvalue weighted by Crippen LogP contribution is -2.38. The predicted octanol–water partition coefficient (Wildman–Crippen LogP) is 3.79. The van der Waals surface area contributed by atoms with Gasteiger partial charge in [0, 0.05) is 37.6 Å². The van der Waals surface area contributed by atoms with Gasteiger partial charge in [-0.15, -0.1) is 6.58 Å². The summed E-state index contributed by atoms with van der Waals surface area (Å²) in [7, 11) is 0. The fraction of sp³-hybridized carbons (Fsp3) is 0.440. The highest BCUT2D eigenvalue weighted by molar-refractivity contribution is 6.30. The first-order chi connectivity index (χ1) is 17.9. The van der Waals surface area contributed by atoms with Crippen molar-refractivity contribution in [3.8, 4) is 11.3 Å². The van der Waals surface area contributed by atoms with Gasteiger partial charge in [-0.3, -0.25) is 10.4 Å². The number of carbonyl (C=O) groups is 1. The van der Waals surface area contributed by atoms with Crippen LogP contribution < -0.4 is 10.6 Å². The minimum Gasteiger partial charge on any atom is -0.388 e. The maximum absolute atomic E-state index is 11.3. The van der Waals surface area contributed by atoms with Crippen LogP contribution in [0.2, 0.25) is 5.02 Å². The highest BCUT2D eigenvalue weighted by Gasteiger charge is 2.28. The number of rotatable bonds is 6. The number of hydrogen-bond donors (Lipinski definition) is 2. The third kappa shape index (κ3) is 5.42. The second kappa shape index (κ2) is 10.8. The zero-order valence-corrected chi connectivity index (χ0v) is 21.2. The number of imidazole rings is 1. The van der Waals surface area contributed by atoms with Crippen LogP contribution in [0.25, 0.3) is 22.4 Å². The highest BCUT2D eigenvalue weighted by Crippen LogP contribution is 2.36. The van der Waals surface area contributed by atoms with Gasteiger partial charge >= 0.3 is 6.09 Å². The number of ether oxygens (including phenoxy) is 2. The molecular weight excluding hydrogens is 496 g/mol. The van der Waals surface area contributed by atoms with Crippen LogP contribution in [-0.2, 0) is 16.0 Å². The van der Waals surface area contributed by atoms with Crippen LogP contribution in [0.15, 0.2) is 31.1 Å². The first-order valence-corrected chi connectivity index (χ1v) is 12.7. The Morgan fingerprint density at radius 3 is 2.65 bits per heavy atom. The number of pyridine rings is 1. The maximum Gasteiger partial charge on any atom is 0.411 e. The van der Waals surface area contributed by atoms with E-state index in [9.17, 15) is 4.79 Å². The van der Waals surface area contributed by atoms with Gasteiger partial charge in [-0.1, -0.05) is 17.7 Å². The van der Waals surface area contributed by atoms with Gasteiger partial charge < -0.3 is 24.7 Å². The van der Waals surface area contributed by atoms with Crippen molar-refractivity contribution in [2.45, 2.75) is 32.2 Å². The quantitative estimate of drug-likeness (QED) is 0.281. The molecule has 1 aliphatic carbocycles. The molecule has 0 aromatic carbocycles. The Bertz CT molecular complexity index is 1330. The van der Waals surface area contributed by atoms with E-state index in [2.05, 4.69) is 37.1 Å². The molecule has 0 spiro atoms. The molecule has 37 heavy (non-hydrogen) atoms. The molecule has 4 heterocycles. The molecule has 0 bridgehead atoms. The fourth-order valence-corrected chi connectivity index (χ4v) is 5.23. The maximum atomic E-state index is 11.3. The van der Waals surface area contributed by atoms with Crippen LogP contribution in [0.3, 0.4) is 0 Å². The number of allylic oxidation sites excluding steroid dienone is 1. The minimum absolute atomic E-state index is 0.106. The van der Waals surface area contributed by atoms with E-state index >= 15 is 0 Å². The average Bonchev–Trinajstić information content (AvgIpc) is 3.27. The van der Waals surface area contributed by atoms with E-state index in [1.165, 1.54) is 6.20 Å². The minimum atomic E-state index is -1.12. The first kappa shape index (κ1) is 25.1. The summed E-state index contributed by atoms with van der Waals surface area (Å²) in [5.74, 6) is 1.12. The fourth-order valence-electron chi connectivity index (χ4n) is 5.06. The zero-order valence-electron chi connectivity index (χ0n) is 20.4. The number of morpholine rings is 1. The standard InChI is InChI=1S/C25H29ClN8O3/c1-2-15-3-5-16(6-4-15)14-34-20-19(17-11-18(26)13-29-12-17)30-23(21(27)37-24(28)35)31-22(20)32-25(34)33-7-9-36-10-8-33/h2,11-13,15-16,27H,1,3-10,14H2,(H2,28,35)/t15-,16-. The monoisotopic (exact) mass is 524 g/mol. The Hall–Kier alpha value is -3.57. The number of nitrogens with one attached hydrogen (secondary N) is 1. The number of halogens is 1. The summed E-state index contributed by atoms with van der Waals surface area (Å²) in [6, 6.07) is 1.75. The first-order valence-electron chi connectivity index (χ1n) is 12.3. The lowest BCUT2D eigenvalue weighted by Gasteiger charge is -2.31. The van der Waals surface area contributed by atoms with Gasteiger partial charge in [0.25, 0.3) is 5.90 Å². The Labute approximate surface area is 219 Å². The number of nitrogens with zero attached hydrogens (tertiary/aromatic N) is 6. The van der Waals surface area contributed by atoms with Gasteiger partial charge in [-0.2, -0.15) is 4.98 Å². The summed E-state index contributed by atoms with van der Waals surface area (Å²) >= 11 is 6.28. The molecule has 0 atom stereocenters. The summed E-state index contributed by atoms with van der Waals surface area (Å²) in [5.41, 5.74) is 7.37. The third-order valence-electron chi connectivity index (χ3n) is 6.93. The number of amides is 1. The summed E-state index contributed by atoms with van der Waals surface area (Å²) < 4.78 is 12.5. The molecular formula is C25H29ClN8O3. The van der Waals surface area contributed by atoms with E-state index in [1.54, 1.807) is 12.3 Å². The molecule has 3 aromatic rings. The number of hydrogen-bond acceptors (Lipinski definition) is 9. The van der Waals surface area contributed by atoms with Crippen molar-refractivity contribution >= 4 is 40.7 Å². The van der Waals surface area contributed by atoms with Crippen molar-refractivity contribution in [2.75, 3.05) is 31.2 Å². The Morgan fingerprint density at radius 2 is 1.97 bits per heavy atom. The molecule has 0 radical (unpaired) electrons. The molecule has 1 saturated heterocycles.